The van der Waals surface area contributed by atoms with Crippen LogP contribution in [0, 0.1) is 0 Å². The zero-order valence-corrected chi connectivity index (χ0v) is 12.7. The Bertz CT molecular complexity index is 396. The third kappa shape index (κ3) is 8.70. The van der Waals surface area contributed by atoms with Crippen molar-refractivity contribution in [3.8, 4) is 0 Å². The largest absolute Gasteiger partial charge is 0.481 e. The summed E-state index contributed by atoms with van der Waals surface area (Å²) in [5.41, 5.74) is 6.01. The van der Waals surface area contributed by atoms with Crippen LogP contribution < -0.4 is 5.73 Å². The van der Waals surface area contributed by atoms with Crippen LogP contribution in [0.5, 0.6) is 0 Å². The van der Waals surface area contributed by atoms with E-state index in [-0.39, 0.29) is 6.42 Å². The van der Waals surface area contributed by atoms with Crippen LogP contribution in [0.25, 0.3) is 0 Å². The Kier molecular flexibility index (Phi) is 9.39. The maximum absolute atomic E-state index is 10.1. The zero-order chi connectivity index (χ0) is 14.8. The molecule has 3 N–H and O–H groups in total. The number of benzene rings is 1. The summed E-state index contributed by atoms with van der Waals surface area (Å²) in [5, 5.41) is 9.36. The van der Waals surface area contributed by atoms with E-state index in [1.165, 1.54) is 0 Å². The van der Waals surface area contributed by atoms with Gasteiger partial charge in [0.05, 0.1) is 16.5 Å². The number of hydrogen-bond donors (Lipinski definition) is 2. The van der Waals surface area contributed by atoms with Crippen molar-refractivity contribution in [1.29, 1.82) is 0 Å². The number of carboxylic acids is 1. The molecule has 0 saturated heterocycles. The number of rotatable bonds is 5. The molecule has 0 unspecified atom stereocenters. The second-order valence-corrected chi connectivity index (χ2v) is 4.66. The SMILES string of the molecule is CCN(CC)CCC(=O)O.Nc1ccc(Cl)c(Cl)c1. The topological polar surface area (TPSA) is 66.6 Å². The van der Waals surface area contributed by atoms with Gasteiger partial charge in [-0.15, -0.1) is 0 Å². The fourth-order valence-electron chi connectivity index (χ4n) is 1.31. The van der Waals surface area contributed by atoms with Crippen LogP contribution in [0.15, 0.2) is 18.2 Å². The Labute approximate surface area is 124 Å². The van der Waals surface area contributed by atoms with Crippen molar-refractivity contribution < 1.29 is 9.90 Å². The van der Waals surface area contributed by atoms with Crippen LogP contribution >= 0.6 is 23.2 Å². The van der Waals surface area contributed by atoms with Gasteiger partial charge in [0.15, 0.2) is 0 Å². The van der Waals surface area contributed by atoms with E-state index in [9.17, 15) is 4.79 Å². The molecule has 0 aromatic heterocycles. The van der Waals surface area contributed by atoms with E-state index in [1.807, 2.05) is 13.8 Å². The van der Waals surface area contributed by atoms with Gasteiger partial charge >= 0.3 is 5.97 Å². The average molecular weight is 307 g/mol. The molecule has 4 nitrogen and oxygen atoms in total. The van der Waals surface area contributed by atoms with Crippen molar-refractivity contribution in [2.24, 2.45) is 0 Å². The lowest BCUT2D eigenvalue weighted by Crippen LogP contribution is -2.25. The first kappa shape index (κ1) is 18.0. The number of nitrogens with two attached hydrogens (primary N) is 1. The lowest BCUT2D eigenvalue weighted by molar-refractivity contribution is -0.137. The highest BCUT2D eigenvalue weighted by molar-refractivity contribution is 6.42. The molecule has 0 amide bonds. The van der Waals surface area contributed by atoms with E-state index in [0.717, 1.165) is 13.1 Å². The van der Waals surface area contributed by atoms with Crippen molar-refractivity contribution >= 4 is 34.9 Å². The van der Waals surface area contributed by atoms with Crippen molar-refractivity contribution in [2.75, 3.05) is 25.4 Å². The van der Waals surface area contributed by atoms with Crippen LogP contribution in [-0.4, -0.2) is 35.6 Å². The van der Waals surface area contributed by atoms with Gasteiger partial charge in [-0.1, -0.05) is 37.0 Å². The summed E-state index contributed by atoms with van der Waals surface area (Å²) < 4.78 is 0. The number of nitrogens with zero attached hydrogens (tertiary/aromatic N) is 1. The van der Waals surface area contributed by atoms with E-state index in [2.05, 4.69) is 4.90 Å². The molecule has 0 atom stereocenters. The lowest BCUT2D eigenvalue weighted by Gasteiger charge is -2.15. The number of hydrogen-bond acceptors (Lipinski definition) is 3. The minimum absolute atomic E-state index is 0.252. The molecule has 1 aromatic carbocycles. The fourth-order valence-corrected chi connectivity index (χ4v) is 1.61. The van der Waals surface area contributed by atoms with Crippen LogP contribution in [0.2, 0.25) is 10.0 Å². The van der Waals surface area contributed by atoms with Crippen molar-refractivity contribution in [3.05, 3.63) is 28.2 Å². The van der Waals surface area contributed by atoms with Crippen molar-refractivity contribution in [1.82, 2.24) is 4.90 Å². The minimum Gasteiger partial charge on any atom is -0.481 e. The Morgan fingerprint density at radius 3 is 2.21 bits per heavy atom. The monoisotopic (exact) mass is 306 g/mol. The van der Waals surface area contributed by atoms with Crippen molar-refractivity contribution in [3.63, 3.8) is 0 Å². The number of carbonyl (C=O) groups is 1. The predicted octanol–water partition coefficient (Wildman–Crippen LogP) is 3.38. The Balaban J connectivity index is 0.000000342. The number of nitrogen functional groups attached to an aromatic ring is 1. The molecule has 0 aliphatic heterocycles. The quantitative estimate of drug-likeness (QED) is 0.818. The minimum atomic E-state index is -0.716. The van der Waals surface area contributed by atoms with Gasteiger partial charge in [0.25, 0.3) is 0 Å². The molecule has 0 saturated carbocycles. The molecule has 1 rings (SSSR count). The van der Waals surface area contributed by atoms with E-state index >= 15 is 0 Å². The third-order valence-corrected chi connectivity index (χ3v) is 3.22. The molecule has 1 aromatic rings. The Hall–Kier alpha value is -0.970. The van der Waals surface area contributed by atoms with Gasteiger partial charge < -0.3 is 15.7 Å². The molecule has 0 bridgehead atoms. The predicted molar refractivity (Wildman–Crippen MR) is 80.9 cm³/mol. The number of halogens is 2. The Morgan fingerprint density at radius 2 is 1.84 bits per heavy atom. The number of anilines is 1. The number of aliphatic carboxylic acids is 1. The first-order chi connectivity index (χ1) is 8.90. The molecule has 0 spiro atoms. The molecule has 0 radical (unpaired) electrons. The summed E-state index contributed by atoms with van der Waals surface area (Å²) in [4.78, 5) is 12.2. The second kappa shape index (κ2) is 9.89. The molecule has 6 heteroatoms. The number of carboxylic acid groups (broad SMARTS) is 1. The summed E-state index contributed by atoms with van der Waals surface area (Å²) >= 11 is 11.2. The van der Waals surface area contributed by atoms with Gasteiger partial charge in [-0.2, -0.15) is 0 Å². The zero-order valence-electron chi connectivity index (χ0n) is 11.2. The van der Waals surface area contributed by atoms with Gasteiger partial charge in [0, 0.05) is 12.2 Å². The van der Waals surface area contributed by atoms with Crippen LogP contribution in [0.4, 0.5) is 5.69 Å². The molecule has 0 heterocycles. The summed E-state index contributed by atoms with van der Waals surface area (Å²) in [5.74, 6) is -0.716. The summed E-state index contributed by atoms with van der Waals surface area (Å²) in [7, 11) is 0. The lowest BCUT2D eigenvalue weighted by atomic mass is 10.3. The van der Waals surface area contributed by atoms with Gasteiger partial charge in [0.2, 0.25) is 0 Å². The first-order valence-corrected chi connectivity index (χ1v) is 6.80. The van der Waals surface area contributed by atoms with E-state index in [4.69, 9.17) is 34.0 Å². The third-order valence-electron chi connectivity index (χ3n) is 2.48. The molecule has 0 fully saturated rings. The summed E-state index contributed by atoms with van der Waals surface area (Å²) in [6.45, 7) is 6.60. The van der Waals surface area contributed by atoms with E-state index < -0.39 is 5.97 Å². The summed E-state index contributed by atoms with van der Waals surface area (Å²) in [6, 6.07) is 4.98. The van der Waals surface area contributed by atoms with Gasteiger partial charge in [-0.05, 0) is 31.3 Å². The highest BCUT2D eigenvalue weighted by Gasteiger charge is 2.01. The maximum atomic E-state index is 10.1. The molecular weight excluding hydrogens is 287 g/mol. The van der Waals surface area contributed by atoms with Gasteiger partial charge in [0.1, 0.15) is 0 Å². The standard InChI is InChI=1S/C7H15NO2.C6H5Cl2N/c1-3-8(4-2)6-5-7(9)10;7-5-2-1-4(9)3-6(5)8/h3-6H2,1-2H3,(H,9,10);1-3H,9H2. The van der Waals surface area contributed by atoms with Crippen LogP contribution in [0.3, 0.4) is 0 Å². The maximum Gasteiger partial charge on any atom is 0.304 e. The smallest absolute Gasteiger partial charge is 0.304 e. The summed E-state index contributed by atoms with van der Waals surface area (Å²) in [6.07, 6.45) is 0.252. The van der Waals surface area contributed by atoms with Crippen LogP contribution in [0.1, 0.15) is 20.3 Å². The molecular formula is C13H20Cl2N2O2. The van der Waals surface area contributed by atoms with Gasteiger partial charge in [-0.3, -0.25) is 4.79 Å². The highest BCUT2D eigenvalue weighted by Crippen LogP contribution is 2.23. The normalized spacial score (nSPS) is 9.95. The molecule has 108 valence electrons. The molecule has 0 aliphatic carbocycles. The second-order valence-electron chi connectivity index (χ2n) is 3.84. The van der Waals surface area contributed by atoms with E-state index in [0.29, 0.717) is 22.3 Å². The van der Waals surface area contributed by atoms with E-state index in [1.54, 1.807) is 18.2 Å². The highest BCUT2D eigenvalue weighted by atomic mass is 35.5. The first-order valence-electron chi connectivity index (χ1n) is 6.05. The van der Waals surface area contributed by atoms with Crippen molar-refractivity contribution in [2.45, 2.75) is 20.3 Å². The fraction of sp³-hybridized carbons (Fsp3) is 0.462. The molecule has 19 heavy (non-hydrogen) atoms. The average Bonchev–Trinajstić information content (AvgIpc) is 2.36. The molecule has 0 aliphatic rings. The van der Waals surface area contributed by atoms with Crippen LogP contribution in [-0.2, 0) is 4.79 Å². The van der Waals surface area contributed by atoms with Gasteiger partial charge in [-0.25, -0.2) is 0 Å². The Morgan fingerprint density at radius 1 is 1.26 bits per heavy atom.